The number of benzene rings is 2. The van der Waals surface area contributed by atoms with Gasteiger partial charge in [-0.05, 0) is 17.2 Å². The number of rotatable bonds is 3. The Morgan fingerprint density at radius 2 is 1.59 bits per heavy atom. The molecular weight excluding hydrogens is 208 g/mol. The van der Waals surface area contributed by atoms with Crippen LogP contribution in [0.2, 0.25) is 0 Å². The van der Waals surface area contributed by atoms with Crippen LogP contribution in [0.15, 0.2) is 48.5 Å². The molecule has 2 nitrogen and oxygen atoms in total. The second kappa shape index (κ2) is 5.02. The van der Waals surface area contributed by atoms with Crippen LogP contribution in [-0.4, -0.2) is 14.1 Å². The first-order chi connectivity index (χ1) is 8.22. The van der Waals surface area contributed by atoms with E-state index in [-0.39, 0.29) is 0 Å². The first-order valence-electron chi connectivity index (χ1n) is 5.78. The lowest BCUT2D eigenvalue weighted by molar-refractivity contribution is 1.07. The Kier molecular flexibility index (Phi) is 3.45. The van der Waals surface area contributed by atoms with Crippen LogP contribution in [-0.2, 0) is 6.54 Å². The lowest BCUT2D eigenvalue weighted by Crippen LogP contribution is -2.09. The monoisotopic (exact) mass is 226 g/mol. The molecule has 17 heavy (non-hydrogen) atoms. The summed E-state index contributed by atoms with van der Waals surface area (Å²) in [6.07, 6.45) is 0. The molecule has 2 aromatic carbocycles. The maximum atomic E-state index is 5.61. The predicted octanol–water partition coefficient (Wildman–Crippen LogP) is 2.88. The van der Waals surface area contributed by atoms with Gasteiger partial charge in [0.2, 0.25) is 0 Å². The Hall–Kier alpha value is -1.80. The van der Waals surface area contributed by atoms with Gasteiger partial charge in [-0.1, -0.05) is 42.5 Å². The minimum Gasteiger partial charge on any atom is -0.377 e. The molecule has 0 amide bonds. The first-order valence-corrected chi connectivity index (χ1v) is 5.78. The average Bonchev–Trinajstić information content (AvgIpc) is 2.39. The molecule has 88 valence electrons. The van der Waals surface area contributed by atoms with Gasteiger partial charge in [0.15, 0.2) is 0 Å². The maximum Gasteiger partial charge on any atom is 0.0440 e. The molecule has 2 aromatic rings. The summed E-state index contributed by atoms with van der Waals surface area (Å²) in [7, 11) is 4.13. The highest BCUT2D eigenvalue weighted by molar-refractivity contribution is 5.78. The van der Waals surface area contributed by atoms with Crippen LogP contribution in [0.1, 0.15) is 5.56 Å². The van der Waals surface area contributed by atoms with E-state index >= 15 is 0 Å². The summed E-state index contributed by atoms with van der Waals surface area (Å²) in [5.74, 6) is 0. The summed E-state index contributed by atoms with van der Waals surface area (Å²) < 4.78 is 0. The summed E-state index contributed by atoms with van der Waals surface area (Å²) in [6, 6.07) is 16.8. The molecule has 0 saturated heterocycles. The van der Waals surface area contributed by atoms with Crippen molar-refractivity contribution in [3.8, 4) is 11.1 Å². The van der Waals surface area contributed by atoms with Crippen molar-refractivity contribution >= 4 is 5.69 Å². The van der Waals surface area contributed by atoms with Crippen LogP contribution in [0, 0.1) is 0 Å². The van der Waals surface area contributed by atoms with E-state index in [0.717, 1.165) is 5.56 Å². The van der Waals surface area contributed by atoms with E-state index < -0.39 is 0 Å². The quantitative estimate of drug-likeness (QED) is 0.872. The van der Waals surface area contributed by atoms with Crippen LogP contribution in [0.25, 0.3) is 11.1 Å². The summed E-state index contributed by atoms with van der Waals surface area (Å²) >= 11 is 0. The van der Waals surface area contributed by atoms with Crippen molar-refractivity contribution < 1.29 is 0 Å². The van der Waals surface area contributed by atoms with Gasteiger partial charge in [-0.15, -0.1) is 0 Å². The van der Waals surface area contributed by atoms with Gasteiger partial charge >= 0.3 is 0 Å². The standard InChI is InChI=1S/C15H18N2/c1-17(2)15-6-4-3-5-14(15)13-9-7-12(11-16)8-10-13/h3-10H,11,16H2,1-2H3. The van der Waals surface area contributed by atoms with Crippen molar-refractivity contribution in [2.75, 3.05) is 19.0 Å². The Bertz CT molecular complexity index is 487. The molecule has 0 aliphatic rings. The van der Waals surface area contributed by atoms with Gasteiger partial charge in [-0.25, -0.2) is 0 Å². The van der Waals surface area contributed by atoms with Crippen LogP contribution < -0.4 is 10.6 Å². The molecule has 0 spiro atoms. The first kappa shape index (κ1) is 11.7. The molecule has 2 N–H and O–H groups in total. The van der Waals surface area contributed by atoms with E-state index in [1.807, 2.05) is 0 Å². The summed E-state index contributed by atoms with van der Waals surface area (Å²) in [5, 5.41) is 0. The molecule has 0 aromatic heterocycles. The Balaban J connectivity index is 2.45. The number of hydrogen-bond acceptors (Lipinski definition) is 2. The molecule has 0 heterocycles. The fraction of sp³-hybridized carbons (Fsp3) is 0.200. The second-order valence-electron chi connectivity index (χ2n) is 4.31. The van der Waals surface area contributed by atoms with Gasteiger partial charge in [-0.3, -0.25) is 0 Å². The third-order valence-electron chi connectivity index (χ3n) is 2.89. The van der Waals surface area contributed by atoms with Gasteiger partial charge in [0.1, 0.15) is 0 Å². The zero-order valence-corrected chi connectivity index (χ0v) is 10.4. The van der Waals surface area contributed by atoms with Crippen molar-refractivity contribution in [2.45, 2.75) is 6.54 Å². The van der Waals surface area contributed by atoms with Crippen LogP contribution >= 0.6 is 0 Å². The molecule has 0 radical (unpaired) electrons. The van der Waals surface area contributed by atoms with Crippen molar-refractivity contribution in [3.05, 3.63) is 54.1 Å². The van der Waals surface area contributed by atoms with E-state index in [4.69, 9.17) is 5.73 Å². The van der Waals surface area contributed by atoms with Crippen LogP contribution in [0.5, 0.6) is 0 Å². The summed E-state index contributed by atoms with van der Waals surface area (Å²) in [5.41, 5.74) is 10.5. The predicted molar refractivity (Wildman–Crippen MR) is 74.1 cm³/mol. The number of nitrogens with two attached hydrogens (primary N) is 1. The van der Waals surface area contributed by atoms with E-state index in [1.54, 1.807) is 0 Å². The lowest BCUT2D eigenvalue weighted by Gasteiger charge is -2.17. The topological polar surface area (TPSA) is 29.3 Å². The third-order valence-corrected chi connectivity index (χ3v) is 2.89. The normalized spacial score (nSPS) is 10.3. The molecule has 2 rings (SSSR count). The lowest BCUT2D eigenvalue weighted by atomic mass is 10.0. The fourth-order valence-electron chi connectivity index (χ4n) is 1.93. The highest BCUT2D eigenvalue weighted by Gasteiger charge is 2.05. The van der Waals surface area contributed by atoms with Gasteiger partial charge in [0.05, 0.1) is 0 Å². The van der Waals surface area contributed by atoms with Crippen molar-refractivity contribution in [1.29, 1.82) is 0 Å². The molecule has 0 atom stereocenters. The number of nitrogens with zero attached hydrogens (tertiary/aromatic N) is 1. The van der Waals surface area contributed by atoms with Crippen molar-refractivity contribution in [1.82, 2.24) is 0 Å². The van der Waals surface area contributed by atoms with E-state index in [9.17, 15) is 0 Å². The highest BCUT2D eigenvalue weighted by Crippen LogP contribution is 2.29. The Morgan fingerprint density at radius 3 is 2.18 bits per heavy atom. The average molecular weight is 226 g/mol. The molecule has 0 unspecified atom stereocenters. The summed E-state index contributed by atoms with van der Waals surface area (Å²) in [4.78, 5) is 2.13. The maximum absolute atomic E-state index is 5.61. The van der Waals surface area contributed by atoms with Gasteiger partial charge in [0, 0.05) is 31.9 Å². The molecule has 0 fully saturated rings. The van der Waals surface area contributed by atoms with Crippen LogP contribution in [0.3, 0.4) is 0 Å². The minimum atomic E-state index is 0.593. The fourth-order valence-corrected chi connectivity index (χ4v) is 1.93. The van der Waals surface area contributed by atoms with Gasteiger partial charge in [0.25, 0.3) is 0 Å². The zero-order chi connectivity index (χ0) is 12.3. The van der Waals surface area contributed by atoms with Crippen molar-refractivity contribution in [3.63, 3.8) is 0 Å². The Labute approximate surface area is 103 Å². The second-order valence-corrected chi connectivity index (χ2v) is 4.31. The van der Waals surface area contributed by atoms with Gasteiger partial charge in [-0.2, -0.15) is 0 Å². The molecule has 2 heteroatoms. The van der Waals surface area contributed by atoms with E-state index in [2.05, 4.69) is 67.5 Å². The molecule has 0 aliphatic carbocycles. The number of para-hydroxylation sites is 1. The molecular formula is C15H18N2. The number of hydrogen-bond donors (Lipinski definition) is 1. The third kappa shape index (κ3) is 2.48. The molecule has 0 bridgehead atoms. The Morgan fingerprint density at radius 1 is 0.941 bits per heavy atom. The largest absolute Gasteiger partial charge is 0.377 e. The SMILES string of the molecule is CN(C)c1ccccc1-c1ccc(CN)cc1. The molecule has 0 aliphatic heterocycles. The minimum absolute atomic E-state index is 0.593. The van der Waals surface area contributed by atoms with E-state index in [0.29, 0.717) is 6.54 Å². The van der Waals surface area contributed by atoms with E-state index in [1.165, 1.54) is 16.8 Å². The zero-order valence-electron chi connectivity index (χ0n) is 10.4. The number of anilines is 1. The molecule has 0 saturated carbocycles. The highest BCUT2D eigenvalue weighted by atomic mass is 15.1. The van der Waals surface area contributed by atoms with Gasteiger partial charge < -0.3 is 10.6 Å². The van der Waals surface area contributed by atoms with Crippen LogP contribution in [0.4, 0.5) is 5.69 Å². The smallest absolute Gasteiger partial charge is 0.0440 e. The van der Waals surface area contributed by atoms with Crippen molar-refractivity contribution in [2.24, 2.45) is 5.73 Å². The summed E-state index contributed by atoms with van der Waals surface area (Å²) in [6.45, 7) is 0.593.